The topological polar surface area (TPSA) is 46.0 Å². The molecule has 0 saturated carbocycles. The van der Waals surface area contributed by atoms with Crippen LogP contribution in [0.15, 0.2) is 18.3 Å². The molecule has 1 N–H and O–H groups in total. The number of imidazole rings is 1. The van der Waals surface area contributed by atoms with Gasteiger partial charge in [0.15, 0.2) is 5.65 Å². The van der Waals surface area contributed by atoms with E-state index in [1.807, 2.05) is 12.3 Å². The number of nitrogens with one attached hydrogen (secondary N) is 1. The number of nitrogens with zero attached hydrogens (tertiary/aromatic N) is 4. The van der Waals surface area contributed by atoms with Crippen LogP contribution in [-0.4, -0.2) is 52.2 Å². The zero-order chi connectivity index (χ0) is 15.6. The van der Waals surface area contributed by atoms with Gasteiger partial charge in [0.25, 0.3) is 0 Å². The van der Waals surface area contributed by atoms with Crippen LogP contribution in [-0.2, 0) is 6.42 Å². The Morgan fingerprint density at radius 2 is 2.13 bits per heavy atom. The van der Waals surface area contributed by atoms with Crippen LogP contribution in [0.25, 0.3) is 11.2 Å². The highest BCUT2D eigenvalue weighted by Crippen LogP contribution is 2.29. The van der Waals surface area contributed by atoms with Crippen LogP contribution in [0, 0.1) is 5.92 Å². The lowest BCUT2D eigenvalue weighted by atomic mass is 10.0. The van der Waals surface area contributed by atoms with Gasteiger partial charge in [-0.15, -0.1) is 0 Å². The first kappa shape index (κ1) is 15.1. The van der Waals surface area contributed by atoms with Crippen molar-refractivity contribution in [3.05, 3.63) is 24.2 Å². The molecule has 1 unspecified atom stereocenters. The molecule has 0 aliphatic carbocycles. The molecule has 2 saturated heterocycles. The third kappa shape index (κ3) is 3.00. The number of piperidine rings is 1. The third-order valence-corrected chi connectivity index (χ3v) is 5.52. The maximum atomic E-state index is 4.95. The zero-order valence-corrected chi connectivity index (χ0v) is 14.0. The fraction of sp³-hybridized carbons (Fsp3) is 0.667. The number of hydrogen-bond donors (Lipinski definition) is 1. The van der Waals surface area contributed by atoms with Gasteiger partial charge in [-0.3, -0.25) is 0 Å². The molecule has 2 aromatic heterocycles. The predicted octanol–water partition coefficient (Wildman–Crippen LogP) is 2.24. The van der Waals surface area contributed by atoms with E-state index in [1.54, 1.807) is 0 Å². The van der Waals surface area contributed by atoms with Crippen LogP contribution in [0.5, 0.6) is 0 Å². The van der Waals surface area contributed by atoms with E-state index in [9.17, 15) is 0 Å². The molecule has 2 aliphatic heterocycles. The maximum absolute atomic E-state index is 4.95. The first-order valence-electron chi connectivity index (χ1n) is 9.10. The Hall–Kier alpha value is -1.46. The van der Waals surface area contributed by atoms with Crippen LogP contribution < -0.4 is 5.32 Å². The number of rotatable bonds is 4. The Balaban J connectivity index is 1.65. The molecule has 2 aromatic rings. The second-order valence-corrected chi connectivity index (χ2v) is 6.97. The molecule has 4 rings (SSSR count). The maximum Gasteiger partial charge on any atom is 0.160 e. The van der Waals surface area contributed by atoms with Crippen molar-refractivity contribution in [3.63, 3.8) is 0 Å². The normalized spacial score (nSPS) is 23.8. The monoisotopic (exact) mass is 313 g/mol. The highest BCUT2D eigenvalue weighted by Gasteiger charge is 2.26. The zero-order valence-electron chi connectivity index (χ0n) is 14.0. The molecule has 0 bridgehead atoms. The van der Waals surface area contributed by atoms with E-state index >= 15 is 0 Å². The average molecular weight is 313 g/mol. The summed E-state index contributed by atoms with van der Waals surface area (Å²) in [5.41, 5.74) is 2.15. The summed E-state index contributed by atoms with van der Waals surface area (Å²) in [6.07, 6.45) is 6.68. The van der Waals surface area contributed by atoms with Gasteiger partial charge in [0, 0.05) is 31.7 Å². The van der Waals surface area contributed by atoms with Crippen molar-refractivity contribution in [2.45, 2.75) is 38.6 Å². The summed E-state index contributed by atoms with van der Waals surface area (Å²) in [6, 6.07) is 4.67. The lowest BCUT2D eigenvalue weighted by molar-refractivity contribution is 0.194. The van der Waals surface area contributed by atoms with Gasteiger partial charge in [-0.1, -0.05) is 6.92 Å². The molecule has 1 atom stereocenters. The van der Waals surface area contributed by atoms with Gasteiger partial charge in [-0.2, -0.15) is 0 Å². The summed E-state index contributed by atoms with van der Waals surface area (Å²) in [4.78, 5) is 12.2. The van der Waals surface area contributed by atoms with Crippen molar-refractivity contribution in [1.82, 2.24) is 24.8 Å². The van der Waals surface area contributed by atoms with Crippen molar-refractivity contribution in [1.29, 1.82) is 0 Å². The van der Waals surface area contributed by atoms with E-state index in [4.69, 9.17) is 4.98 Å². The molecular weight excluding hydrogens is 286 g/mol. The van der Waals surface area contributed by atoms with Gasteiger partial charge in [-0.05, 0) is 56.9 Å². The van der Waals surface area contributed by atoms with Crippen LogP contribution >= 0.6 is 0 Å². The molecule has 4 heterocycles. The van der Waals surface area contributed by atoms with E-state index < -0.39 is 0 Å². The molecule has 0 spiro atoms. The molecule has 2 fully saturated rings. The first-order valence-corrected chi connectivity index (χ1v) is 9.10. The Bertz CT molecular complexity index is 650. The summed E-state index contributed by atoms with van der Waals surface area (Å²) < 4.78 is 2.47. The van der Waals surface area contributed by atoms with E-state index in [0.29, 0.717) is 6.04 Å². The van der Waals surface area contributed by atoms with Gasteiger partial charge >= 0.3 is 0 Å². The van der Waals surface area contributed by atoms with Crippen LogP contribution in [0.2, 0.25) is 0 Å². The molecule has 2 aliphatic rings. The number of likely N-dealkylation sites (tertiary alicyclic amines) is 1. The molecule has 0 radical (unpaired) electrons. The number of aromatic nitrogens is 3. The smallest absolute Gasteiger partial charge is 0.160 e. The quantitative estimate of drug-likeness (QED) is 0.940. The lowest BCUT2D eigenvalue weighted by Gasteiger charge is -2.32. The summed E-state index contributed by atoms with van der Waals surface area (Å²) in [5.74, 6) is 1.98. The second-order valence-electron chi connectivity index (χ2n) is 6.97. The molecule has 23 heavy (non-hydrogen) atoms. The molecular formula is C18H27N5. The van der Waals surface area contributed by atoms with E-state index in [2.05, 4.69) is 32.8 Å². The van der Waals surface area contributed by atoms with Crippen molar-refractivity contribution < 1.29 is 0 Å². The standard InChI is InChI=1S/C18H27N5/c1-2-22-10-6-15(7-11-22)23-17(12-14-5-9-19-13-14)21-16-4-3-8-20-18(16)23/h3-4,8,14-15,19H,2,5-7,9-13H2,1H3. The Labute approximate surface area is 138 Å². The highest BCUT2D eigenvalue weighted by molar-refractivity contribution is 5.71. The molecule has 5 nitrogen and oxygen atoms in total. The molecule has 124 valence electrons. The summed E-state index contributed by atoms with van der Waals surface area (Å²) >= 11 is 0. The first-order chi connectivity index (χ1) is 11.3. The van der Waals surface area contributed by atoms with Crippen molar-refractivity contribution >= 4 is 11.2 Å². The number of fused-ring (bicyclic) bond motifs is 1. The summed E-state index contributed by atoms with van der Waals surface area (Å²) in [7, 11) is 0. The Kier molecular flexibility index (Phi) is 4.31. The highest BCUT2D eigenvalue weighted by atomic mass is 15.2. The van der Waals surface area contributed by atoms with E-state index in [1.165, 1.54) is 38.2 Å². The van der Waals surface area contributed by atoms with Crippen LogP contribution in [0.1, 0.15) is 38.1 Å². The third-order valence-electron chi connectivity index (χ3n) is 5.52. The fourth-order valence-electron chi connectivity index (χ4n) is 4.14. The van der Waals surface area contributed by atoms with E-state index in [0.717, 1.165) is 43.1 Å². The van der Waals surface area contributed by atoms with Gasteiger partial charge in [0.1, 0.15) is 11.3 Å². The Morgan fingerprint density at radius 3 is 2.87 bits per heavy atom. The largest absolute Gasteiger partial charge is 0.316 e. The van der Waals surface area contributed by atoms with Crippen molar-refractivity contribution in [2.75, 3.05) is 32.7 Å². The number of pyridine rings is 1. The van der Waals surface area contributed by atoms with Crippen LogP contribution in [0.4, 0.5) is 0 Å². The number of hydrogen-bond acceptors (Lipinski definition) is 4. The fourth-order valence-corrected chi connectivity index (χ4v) is 4.14. The van der Waals surface area contributed by atoms with Gasteiger partial charge in [0.2, 0.25) is 0 Å². The van der Waals surface area contributed by atoms with Crippen molar-refractivity contribution in [2.24, 2.45) is 5.92 Å². The SMILES string of the molecule is CCN1CCC(n2c(CC3CCNC3)nc3cccnc32)CC1. The predicted molar refractivity (Wildman–Crippen MR) is 92.6 cm³/mol. The van der Waals surface area contributed by atoms with Gasteiger partial charge < -0.3 is 14.8 Å². The molecule has 5 heteroatoms. The minimum absolute atomic E-state index is 0.557. The van der Waals surface area contributed by atoms with Gasteiger partial charge in [-0.25, -0.2) is 9.97 Å². The van der Waals surface area contributed by atoms with E-state index in [-0.39, 0.29) is 0 Å². The minimum Gasteiger partial charge on any atom is -0.316 e. The van der Waals surface area contributed by atoms with Crippen LogP contribution in [0.3, 0.4) is 0 Å². The molecule has 0 aromatic carbocycles. The van der Waals surface area contributed by atoms with Crippen molar-refractivity contribution in [3.8, 4) is 0 Å². The lowest BCUT2D eigenvalue weighted by Crippen LogP contribution is -2.35. The summed E-state index contributed by atoms with van der Waals surface area (Å²) in [5, 5.41) is 3.48. The summed E-state index contributed by atoms with van der Waals surface area (Å²) in [6.45, 7) is 8.09. The Morgan fingerprint density at radius 1 is 1.26 bits per heavy atom. The molecule has 0 amide bonds. The minimum atomic E-state index is 0.557. The average Bonchev–Trinajstić information content (AvgIpc) is 3.22. The second kappa shape index (κ2) is 6.57. The van der Waals surface area contributed by atoms with Gasteiger partial charge in [0.05, 0.1) is 0 Å².